The van der Waals surface area contributed by atoms with E-state index in [9.17, 15) is 0 Å². The first kappa shape index (κ1) is 14.0. The van der Waals surface area contributed by atoms with Crippen LogP contribution in [0.5, 0.6) is 17.2 Å². The number of methoxy groups -OCH3 is 3. The Balaban J connectivity index is 2.92. The summed E-state index contributed by atoms with van der Waals surface area (Å²) in [4.78, 5) is 0. The molecule has 1 aromatic rings. The average molecular weight is 259 g/mol. The highest BCUT2D eigenvalue weighted by Crippen LogP contribution is 2.38. The zero-order valence-electron chi connectivity index (χ0n) is 10.6. The Kier molecular flexibility index (Phi) is 5.98. The van der Waals surface area contributed by atoms with Gasteiger partial charge in [-0.3, -0.25) is 0 Å². The Hall–Kier alpha value is -1.09. The van der Waals surface area contributed by atoms with Gasteiger partial charge in [-0.15, -0.1) is 11.6 Å². The van der Waals surface area contributed by atoms with Crippen LogP contribution < -0.4 is 14.2 Å². The minimum Gasteiger partial charge on any atom is -0.493 e. The zero-order chi connectivity index (χ0) is 12.7. The lowest BCUT2D eigenvalue weighted by atomic mass is 10.1. The fourth-order valence-corrected chi connectivity index (χ4v) is 1.89. The van der Waals surface area contributed by atoms with E-state index in [2.05, 4.69) is 0 Å². The SMILES string of the molecule is COc1cc(CCCCCl)cc(OC)c1OC. The number of unbranched alkanes of at least 4 members (excludes halogenated alkanes) is 1. The van der Waals surface area contributed by atoms with Crippen LogP contribution in [0.4, 0.5) is 0 Å². The number of benzene rings is 1. The Bertz CT molecular complexity index is 328. The molecule has 0 radical (unpaired) electrons. The van der Waals surface area contributed by atoms with Crippen LogP contribution in [0.1, 0.15) is 18.4 Å². The predicted octanol–water partition coefficient (Wildman–Crippen LogP) is 3.27. The lowest BCUT2D eigenvalue weighted by Gasteiger charge is -2.14. The van der Waals surface area contributed by atoms with E-state index in [1.165, 1.54) is 5.56 Å². The van der Waals surface area contributed by atoms with Crippen molar-refractivity contribution in [2.75, 3.05) is 27.2 Å². The molecule has 0 N–H and O–H groups in total. The van der Waals surface area contributed by atoms with Crippen molar-refractivity contribution in [3.05, 3.63) is 17.7 Å². The molecule has 0 atom stereocenters. The van der Waals surface area contributed by atoms with Crippen LogP contribution in [0, 0.1) is 0 Å². The number of alkyl halides is 1. The van der Waals surface area contributed by atoms with Crippen LogP contribution >= 0.6 is 11.6 Å². The number of halogens is 1. The molecule has 1 rings (SSSR count). The predicted molar refractivity (Wildman–Crippen MR) is 69.8 cm³/mol. The van der Waals surface area contributed by atoms with Crippen molar-refractivity contribution in [2.45, 2.75) is 19.3 Å². The highest BCUT2D eigenvalue weighted by Gasteiger charge is 2.12. The standard InChI is InChI=1S/C13H19ClO3/c1-15-11-8-10(6-4-5-7-14)9-12(16-2)13(11)17-3/h8-9H,4-7H2,1-3H3. The molecule has 0 spiro atoms. The van der Waals surface area contributed by atoms with Crippen LogP contribution in [0.25, 0.3) is 0 Å². The van der Waals surface area contributed by atoms with E-state index in [1.54, 1.807) is 21.3 Å². The van der Waals surface area contributed by atoms with Gasteiger partial charge < -0.3 is 14.2 Å². The molecule has 0 aliphatic carbocycles. The van der Waals surface area contributed by atoms with Crippen LogP contribution in [-0.2, 0) is 6.42 Å². The molecule has 0 saturated carbocycles. The van der Waals surface area contributed by atoms with E-state index < -0.39 is 0 Å². The fourth-order valence-electron chi connectivity index (χ4n) is 1.70. The molecule has 4 heteroatoms. The Morgan fingerprint density at radius 2 is 1.53 bits per heavy atom. The van der Waals surface area contributed by atoms with E-state index in [-0.39, 0.29) is 0 Å². The molecule has 0 unspecified atom stereocenters. The first-order valence-electron chi connectivity index (χ1n) is 5.61. The fraction of sp³-hybridized carbons (Fsp3) is 0.538. The first-order valence-corrected chi connectivity index (χ1v) is 6.15. The molecule has 0 amide bonds. The van der Waals surface area contributed by atoms with Gasteiger partial charge in [0.05, 0.1) is 21.3 Å². The van der Waals surface area contributed by atoms with Crippen molar-refractivity contribution in [1.29, 1.82) is 0 Å². The molecule has 0 heterocycles. The summed E-state index contributed by atoms with van der Waals surface area (Å²) in [5, 5.41) is 0. The molecule has 0 bridgehead atoms. The molecule has 1 aromatic carbocycles. The summed E-state index contributed by atoms with van der Waals surface area (Å²) >= 11 is 5.66. The summed E-state index contributed by atoms with van der Waals surface area (Å²) in [7, 11) is 4.85. The Labute approximate surface area is 108 Å². The van der Waals surface area contributed by atoms with E-state index in [1.807, 2.05) is 12.1 Å². The quantitative estimate of drug-likeness (QED) is 0.555. The van der Waals surface area contributed by atoms with Crippen LogP contribution in [-0.4, -0.2) is 27.2 Å². The summed E-state index contributed by atoms with van der Waals surface area (Å²) in [6.07, 6.45) is 3.03. The third kappa shape index (κ3) is 3.70. The van der Waals surface area contributed by atoms with Gasteiger partial charge in [0, 0.05) is 5.88 Å². The van der Waals surface area contributed by atoms with Gasteiger partial charge in [0.15, 0.2) is 11.5 Å². The normalized spacial score (nSPS) is 10.1. The minimum atomic E-state index is 0.635. The molecule has 3 nitrogen and oxygen atoms in total. The van der Waals surface area contributed by atoms with Crippen molar-refractivity contribution >= 4 is 11.6 Å². The highest BCUT2D eigenvalue weighted by atomic mass is 35.5. The molecule has 96 valence electrons. The number of rotatable bonds is 7. The summed E-state index contributed by atoms with van der Waals surface area (Å²) in [5.74, 6) is 2.74. The summed E-state index contributed by atoms with van der Waals surface area (Å²) < 4.78 is 15.9. The second kappa shape index (κ2) is 7.28. The smallest absolute Gasteiger partial charge is 0.203 e. The molecular weight excluding hydrogens is 240 g/mol. The second-order valence-corrected chi connectivity index (χ2v) is 4.06. The van der Waals surface area contributed by atoms with Gasteiger partial charge in [0.25, 0.3) is 0 Å². The van der Waals surface area contributed by atoms with Gasteiger partial charge in [-0.05, 0) is 37.0 Å². The third-order valence-corrected chi connectivity index (χ3v) is 2.84. The van der Waals surface area contributed by atoms with Gasteiger partial charge >= 0.3 is 0 Å². The van der Waals surface area contributed by atoms with Crippen LogP contribution in [0.2, 0.25) is 0 Å². The van der Waals surface area contributed by atoms with Crippen molar-refractivity contribution in [1.82, 2.24) is 0 Å². The second-order valence-electron chi connectivity index (χ2n) is 3.68. The summed E-state index contributed by atoms with van der Waals surface area (Å²) in [6, 6.07) is 3.96. The molecule has 0 aliphatic rings. The molecule has 0 fully saturated rings. The molecule has 0 aliphatic heterocycles. The summed E-state index contributed by atoms with van der Waals surface area (Å²) in [6.45, 7) is 0. The van der Waals surface area contributed by atoms with Gasteiger partial charge in [0.1, 0.15) is 0 Å². The molecule has 0 saturated heterocycles. The third-order valence-electron chi connectivity index (χ3n) is 2.57. The first-order chi connectivity index (χ1) is 8.26. The molecule has 17 heavy (non-hydrogen) atoms. The zero-order valence-corrected chi connectivity index (χ0v) is 11.3. The molecule has 0 aromatic heterocycles. The van der Waals surface area contributed by atoms with Crippen LogP contribution in [0.15, 0.2) is 12.1 Å². The number of ether oxygens (including phenoxy) is 3. The number of aryl methyl sites for hydroxylation is 1. The van der Waals surface area contributed by atoms with Crippen molar-refractivity contribution in [3.63, 3.8) is 0 Å². The largest absolute Gasteiger partial charge is 0.493 e. The topological polar surface area (TPSA) is 27.7 Å². The van der Waals surface area contributed by atoms with E-state index >= 15 is 0 Å². The number of hydrogen-bond acceptors (Lipinski definition) is 3. The highest BCUT2D eigenvalue weighted by molar-refractivity contribution is 6.17. The van der Waals surface area contributed by atoms with E-state index in [4.69, 9.17) is 25.8 Å². The van der Waals surface area contributed by atoms with Crippen molar-refractivity contribution in [3.8, 4) is 17.2 Å². The maximum absolute atomic E-state index is 5.66. The number of hydrogen-bond donors (Lipinski definition) is 0. The lowest BCUT2D eigenvalue weighted by molar-refractivity contribution is 0.323. The van der Waals surface area contributed by atoms with Crippen LogP contribution in [0.3, 0.4) is 0 Å². The lowest BCUT2D eigenvalue weighted by Crippen LogP contribution is -1.97. The van der Waals surface area contributed by atoms with E-state index in [0.29, 0.717) is 23.1 Å². The van der Waals surface area contributed by atoms with E-state index in [0.717, 1.165) is 19.3 Å². The Morgan fingerprint density at radius 3 is 1.94 bits per heavy atom. The van der Waals surface area contributed by atoms with Gasteiger partial charge in [-0.25, -0.2) is 0 Å². The van der Waals surface area contributed by atoms with Crippen molar-refractivity contribution < 1.29 is 14.2 Å². The maximum Gasteiger partial charge on any atom is 0.203 e. The van der Waals surface area contributed by atoms with Crippen molar-refractivity contribution in [2.24, 2.45) is 0 Å². The average Bonchev–Trinajstić information content (AvgIpc) is 2.37. The molecular formula is C13H19ClO3. The minimum absolute atomic E-state index is 0.635. The van der Waals surface area contributed by atoms with Gasteiger partial charge in [-0.1, -0.05) is 0 Å². The van der Waals surface area contributed by atoms with Gasteiger partial charge in [-0.2, -0.15) is 0 Å². The monoisotopic (exact) mass is 258 g/mol. The maximum atomic E-state index is 5.66. The Morgan fingerprint density at radius 1 is 0.941 bits per heavy atom. The van der Waals surface area contributed by atoms with Gasteiger partial charge in [0.2, 0.25) is 5.75 Å². The summed E-state index contributed by atoms with van der Waals surface area (Å²) in [5.41, 5.74) is 1.17.